The summed E-state index contributed by atoms with van der Waals surface area (Å²) in [5, 5.41) is 9.00. The van der Waals surface area contributed by atoms with Crippen LogP contribution < -0.4 is 0 Å². The first-order chi connectivity index (χ1) is 7.63. The van der Waals surface area contributed by atoms with Crippen molar-refractivity contribution in [3.05, 3.63) is 29.1 Å². The molecule has 0 saturated carbocycles. The molecule has 0 saturated heterocycles. The van der Waals surface area contributed by atoms with Crippen LogP contribution in [0.5, 0.6) is 0 Å². The van der Waals surface area contributed by atoms with Crippen LogP contribution in [-0.4, -0.2) is 21.0 Å². The Morgan fingerprint density at radius 3 is 2.88 bits per heavy atom. The lowest BCUT2D eigenvalue weighted by Gasteiger charge is -1.99. The van der Waals surface area contributed by atoms with Crippen LogP contribution in [0.15, 0.2) is 12.1 Å². The van der Waals surface area contributed by atoms with Crippen LogP contribution >= 0.6 is 0 Å². The highest BCUT2D eigenvalue weighted by molar-refractivity contribution is 5.95. The SMILES string of the molecule is CCCc1nc2c(C)c(C(=O)O)ccc2[nH]1. The molecule has 0 unspecified atom stereocenters. The molecule has 4 nitrogen and oxygen atoms in total. The van der Waals surface area contributed by atoms with E-state index in [4.69, 9.17) is 5.11 Å². The summed E-state index contributed by atoms with van der Waals surface area (Å²) in [7, 11) is 0. The molecular weight excluding hydrogens is 204 g/mol. The molecule has 2 aromatic rings. The maximum atomic E-state index is 11.0. The van der Waals surface area contributed by atoms with Crippen molar-refractivity contribution in [2.24, 2.45) is 0 Å². The van der Waals surface area contributed by atoms with E-state index in [1.165, 1.54) is 0 Å². The number of H-pyrrole nitrogens is 1. The van der Waals surface area contributed by atoms with E-state index in [9.17, 15) is 4.79 Å². The predicted octanol–water partition coefficient (Wildman–Crippen LogP) is 2.52. The zero-order valence-electron chi connectivity index (χ0n) is 9.37. The van der Waals surface area contributed by atoms with Crippen LogP contribution in [0.2, 0.25) is 0 Å². The minimum absolute atomic E-state index is 0.321. The van der Waals surface area contributed by atoms with Gasteiger partial charge in [-0.2, -0.15) is 0 Å². The molecule has 4 heteroatoms. The van der Waals surface area contributed by atoms with E-state index < -0.39 is 5.97 Å². The Kier molecular flexibility index (Phi) is 2.64. The van der Waals surface area contributed by atoms with Crippen molar-refractivity contribution in [1.29, 1.82) is 0 Å². The summed E-state index contributed by atoms with van der Waals surface area (Å²) in [6, 6.07) is 3.39. The number of nitrogens with zero attached hydrogens (tertiary/aromatic N) is 1. The maximum Gasteiger partial charge on any atom is 0.336 e. The fourth-order valence-electron chi connectivity index (χ4n) is 1.85. The Morgan fingerprint density at radius 1 is 1.50 bits per heavy atom. The normalized spacial score (nSPS) is 10.9. The summed E-state index contributed by atoms with van der Waals surface area (Å²) in [6.07, 6.45) is 1.90. The van der Waals surface area contributed by atoms with Gasteiger partial charge in [0.05, 0.1) is 16.6 Å². The highest BCUT2D eigenvalue weighted by Gasteiger charge is 2.12. The topological polar surface area (TPSA) is 66.0 Å². The number of imidazole rings is 1. The lowest BCUT2D eigenvalue weighted by molar-refractivity contribution is 0.0696. The van der Waals surface area contributed by atoms with Crippen LogP contribution in [0.4, 0.5) is 0 Å². The molecule has 1 aromatic heterocycles. The van der Waals surface area contributed by atoms with Crippen molar-refractivity contribution in [2.45, 2.75) is 26.7 Å². The lowest BCUT2D eigenvalue weighted by Crippen LogP contribution is -1.99. The average molecular weight is 218 g/mol. The maximum absolute atomic E-state index is 11.0. The van der Waals surface area contributed by atoms with Gasteiger partial charge in [-0.15, -0.1) is 0 Å². The number of aromatic nitrogens is 2. The fourth-order valence-corrected chi connectivity index (χ4v) is 1.85. The van der Waals surface area contributed by atoms with Crippen LogP contribution in [0.1, 0.15) is 35.1 Å². The van der Waals surface area contributed by atoms with Gasteiger partial charge in [-0.25, -0.2) is 9.78 Å². The zero-order chi connectivity index (χ0) is 11.7. The molecule has 16 heavy (non-hydrogen) atoms. The molecule has 0 radical (unpaired) electrons. The first-order valence-corrected chi connectivity index (χ1v) is 5.35. The van der Waals surface area contributed by atoms with E-state index in [1.807, 2.05) is 0 Å². The molecule has 2 N–H and O–H groups in total. The second kappa shape index (κ2) is 3.96. The highest BCUT2D eigenvalue weighted by atomic mass is 16.4. The number of rotatable bonds is 3. The molecule has 1 aromatic carbocycles. The third kappa shape index (κ3) is 1.66. The van der Waals surface area contributed by atoms with Crippen molar-refractivity contribution < 1.29 is 9.90 Å². The fraction of sp³-hybridized carbons (Fsp3) is 0.333. The van der Waals surface area contributed by atoms with Gasteiger partial charge in [-0.3, -0.25) is 0 Å². The largest absolute Gasteiger partial charge is 0.478 e. The van der Waals surface area contributed by atoms with Gasteiger partial charge in [0.15, 0.2) is 0 Å². The molecule has 84 valence electrons. The van der Waals surface area contributed by atoms with Crippen LogP contribution in [-0.2, 0) is 6.42 Å². The van der Waals surface area contributed by atoms with E-state index in [2.05, 4.69) is 16.9 Å². The van der Waals surface area contributed by atoms with Gasteiger partial charge in [0, 0.05) is 6.42 Å². The summed E-state index contributed by atoms with van der Waals surface area (Å²) in [6.45, 7) is 3.88. The first-order valence-electron chi connectivity index (χ1n) is 5.35. The third-order valence-electron chi connectivity index (χ3n) is 2.67. The van der Waals surface area contributed by atoms with Gasteiger partial charge in [0.25, 0.3) is 0 Å². The summed E-state index contributed by atoms with van der Waals surface area (Å²) in [4.78, 5) is 18.6. The monoisotopic (exact) mass is 218 g/mol. The molecule has 0 bridgehead atoms. The Hall–Kier alpha value is -1.84. The number of fused-ring (bicyclic) bond motifs is 1. The Balaban J connectivity index is 2.60. The van der Waals surface area contributed by atoms with Crippen LogP contribution in [0.3, 0.4) is 0 Å². The Bertz CT molecular complexity index is 543. The summed E-state index contributed by atoms with van der Waals surface area (Å²) >= 11 is 0. The summed E-state index contributed by atoms with van der Waals surface area (Å²) < 4.78 is 0. The molecule has 0 aliphatic heterocycles. The quantitative estimate of drug-likeness (QED) is 0.831. The summed E-state index contributed by atoms with van der Waals surface area (Å²) in [5.41, 5.74) is 2.72. The standard InChI is InChI=1S/C12H14N2O2/c1-3-4-10-13-9-6-5-8(12(15)16)7(2)11(9)14-10/h5-6H,3-4H2,1-2H3,(H,13,14)(H,15,16). The van der Waals surface area contributed by atoms with Crippen LogP contribution in [0.25, 0.3) is 11.0 Å². The molecule has 0 spiro atoms. The second-order valence-electron chi connectivity index (χ2n) is 3.87. The number of aromatic carboxylic acids is 1. The van der Waals surface area contributed by atoms with E-state index in [0.29, 0.717) is 5.56 Å². The van der Waals surface area contributed by atoms with Gasteiger partial charge in [-0.05, 0) is 31.0 Å². The third-order valence-corrected chi connectivity index (χ3v) is 2.67. The number of hydrogen-bond donors (Lipinski definition) is 2. The number of carboxylic acid groups (broad SMARTS) is 1. The predicted molar refractivity (Wildman–Crippen MR) is 61.8 cm³/mol. The van der Waals surface area contributed by atoms with E-state index in [0.717, 1.165) is 35.3 Å². The van der Waals surface area contributed by atoms with Gasteiger partial charge >= 0.3 is 5.97 Å². The number of carbonyl (C=O) groups is 1. The number of benzene rings is 1. The van der Waals surface area contributed by atoms with Gasteiger partial charge in [0.2, 0.25) is 0 Å². The van der Waals surface area contributed by atoms with Crippen LogP contribution in [0, 0.1) is 6.92 Å². The van der Waals surface area contributed by atoms with Crippen molar-refractivity contribution in [1.82, 2.24) is 9.97 Å². The molecule has 0 fully saturated rings. The molecule has 0 amide bonds. The Morgan fingerprint density at radius 2 is 2.25 bits per heavy atom. The first kappa shape index (κ1) is 10.7. The van der Waals surface area contributed by atoms with Crippen molar-refractivity contribution in [2.75, 3.05) is 0 Å². The number of hydrogen-bond acceptors (Lipinski definition) is 2. The lowest BCUT2D eigenvalue weighted by atomic mass is 10.1. The average Bonchev–Trinajstić information content (AvgIpc) is 2.62. The number of aryl methyl sites for hydroxylation is 2. The van der Waals surface area contributed by atoms with Gasteiger partial charge in [0.1, 0.15) is 5.82 Å². The second-order valence-corrected chi connectivity index (χ2v) is 3.87. The van der Waals surface area contributed by atoms with Crippen molar-refractivity contribution >= 4 is 17.0 Å². The summed E-state index contributed by atoms with van der Waals surface area (Å²) in [5.74, 6) is 0.0163. The number of aromatic amines is 1. The minimum atomic E-state index is -0.903. The number of carboxylic acids is 1. The minimum Gasteiger partial charge on any atom is -0.478 e. The van der Waals surface area contributed by atoms with E-state index in [-0.39, 0.29) is 0 Å². The van der Waals surface area contributed by atoms with Crippen molar-refractivity contribution in [3.63, 3.8) is 0 Å². The molecule has 0 aliphatic rings. The zero-order valence-corrected chi connectivity index (χ0v) is 9.37. The molecule has 0 atom stereocenters. The van der Waals surface area contributed by atoms with Gasteiger partial charge < -0.3 is 10.1 Å². The Labute approximate surface area is 93.3 Å². The number of nitrogens with one attached hydrogen (secondary N) is 1. The molecule has 1 heterocycles. The molecule has 0 aliphatic carbocycles. The highest BCUT2D eigenvalue weighted by Crippen LogP contribution is 2.20. The van der Waals surface area contributed by atoms with Gasteiger partial charge in [-0.1, -0.05) is 6.92 Å². The van der Waals surface area contributed by atoms with E-state index in [1.54, 1.807) is 19.1 Å². The molecular formula is C12H14N2O2. The smallest absolute Gasteiger partial charge is 0.336 e. The molecule has 2 rings (SSSR count). The van der Waals surface area contributed by atoms with Crippen molar-refractivity contribution in [3.8, 4) is 0 Å². The van der Waals surface area contributed by atoms with E-state index >= 15 is 0 Å².